The first kappa shape index (κ1) is 30.7. The third kappa shape index (κ3) is 7.01. The number of fused-ring (bicyclic) bond motifs is 1. The van der Waals surface area contributed by atoms with E-state index < -0.39 is 6.04 Å². The Morgan fingerprint density at radius 3 is 2.38 bits per heavy atom. The van der Waals surface area contributed by atoms with Gasteiger partial charge in [-0.15, -0.1) is 0 Å². The van der Waals surface area contributed by atoms with Crippen molar-refractivity contribution >= 4 is 34.2 Å². The lowest BCUT2D eigenvalue weighted by atomic mass is 9.89. The number of amides is 3. The molecule has 0 bridgehead atoms. The number of aromatic nitrogens is 1. The van der Waals surface area contributed by atoms with Crippen molar-refractivity contribution in [2.75, 3.05) is 50.5 Å². The van der Waals surface area contributed by atoms with Gasteiger partial charge in [0.15, 0.2) is 0 Å². The predicted octanol–water partition coefficient (Wildman–Crippen LogP) is 6.53. The van der Waals surface area contributed by atoms with Crippen LogP contribution < -0.4 is 15.5 Å². The number of benzene rings is 3. The Morgan fingerprint density at radius 1 is 0.933 bits per heavy atom. The second-order valence-electron chi connectivity index (χ2n) is 13.0. The van der Waals surface area contributed by atoms with Gasteiger partial charge in [-0.1, -0.05) is 61.5 Å². The second kappa shape index (κ2) is 13.8. The zero-order valence-electron chi connectivity index (χ0n) is 26.8. The van der Waals surface area contributed by atoms with Crippen molar-refractivity contribution in [3.8, 4) is 0 Å². The molecule has 2 saturated heterocycles. The van der Waals surface area contributed by atoms with Gasteiger partial charge in [-0.25, -0.2) is 4.79 Å². The highest BCUT2D eigenvalue weighted by Gasteiger charge is 2.33. The van der Waals surface area contributed by atoms with Crippen molar-refractivity contribution in [1.82, 2.24) is 20.1 Å². The lowest BCUT2D eigenvalue weighted by Crippen LogP contribution is -2.53. The number of H-pyrrole nitrogens is 1. The molecule has 0 unspecified atom stereocenters. The summed E-state index contributed by atoms with van der Waals surface area (Å²) in [5.74, 6) is -0.0344. The number of nitrogens with one attached hydrogen (secondary N) is 3. The number of piperidine rings is 1. The molecule has 2 fully saturated rings. The molecule has 3 N–H and O–H groups in total. The number of urea groups is 1. The van der Waals surface area contributed by atoms with Crippen molar-refractivity contribution < 1.29 is 9.59 Å². The molecule has 4 aromatic rings. The third-order valence-corrected chi connectivity index (χ3v) is 9.49. The number of hydrogen-bond donors (Lipinski definition) is 3. The summed E-state index contributed by atoms with van der Waals surface area (Å²) >= 11 is 0. The Bertz CT molecular complexity index is 1600. The van der Waals surface area contributed by atoms with Gasteiger partial charge in [0, 0.05) is 55.7 Å². The van der Waals surface area contributed by atoms with Crippen molar-refractivity contribution in [2.24, 2.45) is 0 Å². The summed E-state index contributed by atoms with van der Waals surface area (Å²) in [6, 6.07) is 24.1. The topological polar surface area (TPSA) is 83.7 Å². The first-order chi connectivity index (χ1) is 21.9. The molecular weight excluding hydrogens is 560 g/mol. The number of likely N-dealkylation sites (tertiary alicyclic amines) is 1. The summed E-state index contributed by atoms with van der Waals surface area (Å²) < 4.78 is 0. The summed E-state index contributed by atoms with van der Waals surface area (Å²) in [5.41, 5.74) is 6.32. The molecule has 0 saturated carbocycles. The summed E-state index contributed by atoms with van der Waals surface area (Å²) in [4.78, 5) is 37.9. The highest BCUT2D eigenvalue weighted by Crippen LogP contribution is 2.33. The first-order valence-electron chi connectivity index (χ1n) is 16.4. The van der Waals surface area contributed by atoms with Crippen LogP contribution in [-0.2, 0) is 11.3 Å². The maximum Gasteiger partial charge on any atom is 0.318 e. The number of hydrogen-bond acceptors (Lipinski definition) is 4. The number of nitrogens with zero attached hydrogens (tertiary/aromatic N) is 3. The van der Waals surface area contributed by atoms with Crippen molar-refractivity contribution in [1.29, 1.82) is 0 Å². The number of anilines is 2. The van der Waals surface area contributed by atoms with E-state index in [4.69, 9.17) is 0 Å². The highest BCUT2D eigenvalue weighted by atomic mass is 16.2. The fourth-order valence-corrected chi connectivity index (χ4v) is 7.02. The minimum atomic E-state index is -0.771. The Labute approximate surface area is 266 Å². The summed E-state index contributed by atoms with van der Waals surface area (Å²) in [7, 11) is 4.09. The van der Waals surface area contributed by atoms with E-state index in [9.17, 15) is 9.59 Å². The molecule has 8 heteroatoms. The number of carbonyl (C=O) groups is 2. The molecule has 6 rings (SSSR count). The van der Waals surface area contributed by atoms with Crippen LogP contribution in [0.3, 0.4) is 0 Å². The Hall–Kier alpha value is -4.30. The van der Waals surface area contributed by atoms with E-state index in [1.807, 2.05) is 56.4 Å². The molecule has 2 atom stereocenters. The maximum absolute atomic E-state index is 14.4. The Kier molecular flexibility index (Phi) is 9.40. The summed E-state index contributed by atoms with van der Waals surface area (Å²) in [6.45, 7) is 6.07. The lowest BCUT2D eigenvalue weighted by Gasteiger charge is -2.34. The Balaban J connectivity index is 1.25. The quantitative estimate of drug-likeness (QED) is 0.202. The van der Waals surface area contributed by atoms with Crippen LogP contribution in [0.1, 0.15) is 61.1 Å². The zero-order valence-corrected chi connectivity index (χ0v) is 26.8. The average Bonchev–Trinajstić information content (AvgIpc) is 3.74. The van der Waals surface area contributed by atoms with E-state index in [0.29, 0.717) is 19.0 Å². The predicted molar refractivity (Wildman–Crippen MR) is 183 cm³/mol. The van der Waals surface area contributed by atoms with Gasteiger partial charge >= 0.3 is 6.03 Å². The van der Waals surface area contributed by atoms with Crippen LogP contribution in [0.2, 0.25) is 0 Å². The van der Waals surface area contributed by atoms with Crippen LogP contribution in [0.25, 0.3) is 10.9 Å². The molecule has 3 heterocycles. The molecule has 236 valence electrons. The standard InChI is InChI=1S/C37H46N6O2/c1-26(31-24-38-32-14-8-7-13-30(31)32)35(40-37(45)43-21-17-29(18-22-43)28-11-5-4-6-12-28)36(44)39-33-23-27(25-41(2)3)15-16-34(33)42-19-9-10-20-42/h4-8,11-16,23-24,26,29,35,38H,9-10,17-22,25H2,1-3H3,(H,39,44)(H,40,45)/t26-,35+/m0/s1. The van der Waals surface area contributed by atoms with Gasteiger partial charge in [0.05, 0.1) is 11.4 Å². The van der Waals surface area contributed by atoms with Gasteiger partial charge in [-0.05, 0) is 80.6 Å². The van der Waals surface area contributed by atoms with Gasteiger partial charge in [-0.2, -0.15) is 0 Å². The fourth-order valence-electron chi connectivity index (χ4n) is 7.02. The SMILES string of the molecule is C[C@@H](c1c[nH]c2ccccc12)[C@@H](NC(=O)N1CCC(c2ccccc2)CC1)C(=O)Nc1cc(CN(C)C)ccc1N1CCCC1. The third-order valence-electron chi connectivity index (χ3n) is 9.49. The van der Waals surface area contributed by atoms with Crippen LogP contribution >= 0.6 is 0 Å². The van der Waals surface area contributed by atoms with Crippen molar-refractivity contribution in [3.05, 3.63) is 95.7 Å². The molecule has 0 spiro atoms. The molecule has 45 heavy (non-hydrogen) atoms. The molecule has 0 radical (unpaired) electrons. The molecule has 8 nitrogen and oxygen atoms in total. The van der Waals surface area contributed by atoms with E-state index in [0.717, 1.165) is 78.7 Å². The van der Waals surface area contributed by atoms with Crippen LogP contribution in [0, 0.1) is 0 Å². The first-order valence-corrected chi connectivity index (χ1v) is 16.4. The molecule has 1 aromatic heterocycles. The van der Waals surface area contributed by atoms with E-state index in [-0.39, 0.29) is 17.9 Å². The molecule has 3 amide bonds. The smallest absolute Gasteiger partial charge is 0.318 e. The van der Waals surface area contributed by atoms with Crippen LogP contribution in [0.15, 0.2) is 79.0 Å². The largest absolute Gasteiger partial charge is 0.370 e. The number of carbonyl (C=O) groups excluding carboxylic acids is 2. The molecular formula is C37H46N6O2. The summed E-state index contributed by atoms with van der Waals surface area (Å²) in [6.07, 6.45) is 6.07. The molecule has 0 aliphatic carbocycles. The van der Waals surface area contributed by atoms with Crippen LogP contribution in [0.5, 0.6) is 0 Å². The van der Waals surface area contributed by atoms with E-state index >= 15 is 0 Å². The zero-order chi connectivity index (χ0) is 31.3. The number of aromatic amines is 1. The van der Waals surface area contributed by atoms with Gasteiger partial charge < -0.3 is 30.3 Å². The van der Waals surface area contributed by atoms with E-state index in [1.54, 1.807) is 0 Å². The minimum absolute atomic E-state index is 0.186. The van der Waals surface area contributed by atoms with E-state index in [1.165, 1.54) is 5.56 Å². The maximum atomic E-state index is 14.4. The van der Waals surface area contributed by atoms with Crippen molar-refractivity contribution in [2.45, 2.75) is 57.0 Å². The van der Waals surface area contributed by atoms with Gasteiger partial charge in [0.1, 0.15) is 6.04 Å². The lowest BCUT2D eigenvalue weighted by molar-refractivity contribution is -0.118. The van der Waals surface area contributed by atoms with Gasteiger partial charge in [-0.3, -0.25) is 4.79 Å². The fraction of sp³-hybridized carbons (Fsp3) is 0.405. The summed E-state index contributed by atoms with van der Waals surface area (Å²) in [5, 5.41) is 7.54. The second-order valence-corrected chi connectivity index (χ2v) is 13.0. The van der Waals surface area contributed by atoms with E-state index in [2.05, 4.69) is 73.9 Å². The van der Waals surface area contributed by atoms with Crippen LogP contribution in [-0.4, -0.2) is 73.0 Å². The normalized spacial score (nSPS) is 17.1. The van der Waals surface area contributed by atoms with Gasteiger partial charge in [0.2, 0.25) is 5.91 Å². The molecule has 2 aliphatic rings. The number of para-hydroxylation sites is 1. The van der Waals surface area contributed by atoms with Gasteiger partial charge in [0.25, 0.3) is 0 Å². The Morgan fingerprint density at radius 2 is 1.64 bits per heavy atom. The monoisotopic (exact) mass is 606 g/mol. The van der Waals surface area contributed by atoms with Crippen LogP contribution in [0.4, 0.5) is 16.2 Å². The minimum Gasteiger partial charge on any atom is -0.370 e. The average molecular weight is 607 g/mol. The molecule has 2 aliphatic heterocycles. The highest BCUT2D eigenvalue weighted by molar-refractivity contribution is 6.00. The molecule has 3 aromatic carbocycles. The number of rotatable bonds is 9. The van der Waals surface area contributed by atoms with Crippen molar-refractivity contribution in [3.63, 3.8) is 0 Å².